The van der Waals surface area contributed by atoms with Gasteiger partial charge in [-0.2, -0.15) is 13.2 Å². The molecule has 0 saturated heterocycles. The highest BCUT2D eigenvalue weighted by atomic mass is 35.5. The lowest BCUT2D eigenvalue weighted by Crippen LogP contribution is -2.42. The Hall–Kier alpha value is -2.72. The van der Waals surface area contributed by atoms with Gasteiger partial charge in [0.2, 0.25) is 5.92 Å². The molecule has 2 aromatic rings. The van der Waals surface area contributed by atoms with E-state index in [0.29, 0.717) is 18.1 Å². The Morgan fingerprint density at radius 2 is 1.72 bits per heavy atom. The monoisotopic (exact) mass is 550 g/mol. The van der Waals surface area contributed by atoms with Gasteiger partial charge in [0, 0.05) is 40.4 Å². The number of hydrogen-bond donors (Lipinski definition) is 1. The topological polar surface area (TPSA) is 67.8 Å². The second-order valence-electron chi connectivity index (χ2n) is 8.61. The molecular formula is C24H21Cl2F5N2O3. The molecule has 1 aliphatic rings. The van der Waals surface area contributed by atoms with Crippen LogP contribution in [0.25, 0.3) is 0 Å². The lowest BCUT2D eigenvalue weighted by molar-refractivity contribution is -0.275. The maximum atomic E-state index is 14.2. The van der Waals surface area contributed by atoms with Crippen molar-refractivity contribution in [2.75, 3.05) is 6.54 Å². The van der Waals surface area contributed by atoms with Gasteiger partial charge in [0.25, 0.3) is 11.5 Å². The van der Waals surface area contributed by atoms with Crippen LogP contribution in [0.3, 0.4) is 0 Å². The first-order valence-electron chi connectivity index (χ1n) is 10.7. The average Bonchev–Trinajstić information content (AvgIpc) is 3.22. The van der Waals surface area contributed by atoms with Crippen molar-refractivity contribution in [2.24, 2.45) is 5.16 Å². The summed E-state index contributed by atoms with van der Waals surface area (Å²) in [7, 11) is 0. The van der Waals surface area contributed by atoms with E-state index in [1.807, 2.05) is 0 Å². The van der Waals surface area contributed by atoms with Gasteiger partial charge in [-0.05, 0) is 55.3 Å². The number of nitrogens with one attached hydrogen (secondary N) is 1. The second kappa shape index (κ2) is 10.3. The third kappa shape index (κ3) is 6.34. The number of halogens is 7. The van der Waals surface area contributed by atoms with Crippen molar-refractivity contribution in [1.29, 1.82) is 0 Å². The molecule has 1 aliphatic heterocycles. The second-order valence-corrected chi connectivity index (χ2v) is 9.48. The highest BCUT2D eigenvalue weighted by molar-refractivity contribution is 6.34. The molecule has 1 unspecified atom stereocenters. The molecule has 194 valence electrons. The fourth-order valence-electron chi connectivity index (χ4n) is 3.66. The van der Waals surface area contributed by atoms with Crippen molar-refractivity contribution < 1.29 is 36.4 Å². The average molecular weight is 551 g/mol. The van der Waals surface area contributed by atoms with E-state index in [4.69, 9.17) is 28.0 Å². The minimum absolute atomic E-state index is 0.00541. The zero-order valence-corrected chi connectivity index (χ0v) is 20.6. The molecule has 5 nitrogen and oxygen atoms in total. The van der Waals surface area contributed by atoms with Crippen molar-refractivity contribution in [1.82, 2.24) is 5.32 Å². The first-order valence-corrected chi connectivity index (χ1v) is 11.4. The van der Waals surface area contributed by atoms with Crippen LogP contribution < -0.4 is 5.32 Å². The van der Waals surface area contributed by atoms with Crippen molar-refractivity contribution in [3.8, 4) is 0 Å². The summed E-state index contributed by atoms with van der Waals surface area (Å²) in [5, 5.41) is 6.06. The molecule has 0 fully saturated rings. The summed E-state index contributed by atoms with van der Waals surface area (Å²) < 4.78 is 68.3. The maximum absolute atomic E-state index is 14.2. The zero-order valence-electron chi connectivity index (χ0n) is 19.1. The first-order chi connectivity index (χ1) is 16.6. The highest BCUT2D eigenvalue weighted by Crippen LogP contribution is 2.49. The van der Waals surface area contributed by atoms with Crippen molar-refractivity contribution in [3.05, 3.63) is 68.7 Å². The number of nitrogens with zero attached hydrogens (tertiary/aromatic N) is 1. The van der Waals surface area contributed by atoms with Crippen LogP contribution in [0.4, 0.5) is 22.0 Å². The van der Waals surface area contributed by atoms with Gasteiger partial charge >= 0.3 is 6.18 Å². The van der Waals surface area contributed by atoms with E-state index in [-0.39, 0.29) is 33.3 Å². The molecule has 1 atom stereocenters. The fourth-order valence-corrected chi connectivity index (χ4v) is 4.19. The molecule has 2 aromatic carbocycles. The minimum Gasteiger partial charge on any atom is -0.374 e. The number of amides is 1. The Labute approximate surface area is 213 Å². The summed E-state index contributed by atoms with van der Waals surface area (Å²) >= 11 is 11.8. The summed E-state index contributed by atoms with van der Waals surface area (Å²) in [6.07, 6.45) is -6.52. The predicted octanol–water partition coefficient (Wildman–Crippen LogP) is 6.62. The number of Topliss-reactive ketones (excluding diaryl/α,β-unsaturated/α-hetero) is 1. The normalized spacial score (nSPS) is 18.0. The van der Waals surface area contributed by atoms with E-state index in [1.54, 1.807) is 6.92 Å². The van der Waals surface area contributed by atoms with E-state index >= 15 is 0 Å². The number of carbonyl (C=O) groups is 2. The van der Waals surface area contributed by atoms with Crippen LogP contribution in [-0.2, 0) is 15.2 Å². The van der Waals surface area contributed by atoms with E-state index in [9.17, 15) is 31.5 Å². The van der Waals surface area contributed by atoms with Gasteiger partial charge in [-0.15, -0.1) is 0 Å². The quantitative estimate of drug-likeness (QED) is 0.375. The third-order valence-corrected chi connectivity index (χ3v) is 6.04. The molecule has 0 aliphatic carbocycles. The molecule has 0 saturated carbocycles. The summed E-state index contributed by atoms with van der Waals surface area (Å²) in [5.74, 6) is -4.17. The Kier molecular flexibility index (Phi) is 8.00. The molecular weight excluding hydrogens is 530 g/mol. The summed E-state index contributed by atoms with van der Waals surface area (Å²) in [6.45, 7) is 1.83. The van der Waals surface area contributed by atoms with Crippen molar-refractivity contribution >= 4 is 40.6 Å². The lowest BCUT2D eigenvalue weighted by atomic mass is 9.86. The van der Waals surface area contributed by atoms with Gasteiger partial charge in [0.05, 0.1) is 12.3 Å². The van der Waals surface area contributed by atoms with Crippen LogP contribution in [0.1, 0.15) is 53.2 Å². The third-order valence-electron chi connectivity index (χ3n) is 5.61. The number of hydrogen-bond acceptors (Lipinski definition) is 4. The molecule has 0 radical (unpaired) electrons. The van der Waals surface area contributed by atoms with Crippen LogP contribution in [0.15, 0.2) is 41.6 Å². The summed E-state index contributed by atoms with van der Waals surface area (Å²) in [6, 6.07) is 7.77. The van der Waals surface area contributed by atoms with Crippen LogP contribution in [-0.4, -0.2) is 36.0 Å². The Morgan fingerprint density at radius 1 is 1.08 bits per heavy atom. The van der Waals surface area contributed by atoms with Crippen LogP contribution in [0.5, 0.6) is 0 Å². The Balaban J connectivity index is 1.75. The van der Waals surface area contributed by atoms with E-state index in [0.717, 1.165) is 12.1 Å². The SMILES string of the molecule is Cc1cc(C2=NOC(c3cc(Cl)cc(Cl)c3)(C(F)(F)F)C2)ccc1C(=O)NCC(=O)CCC(C)(F)F. The Morgan fingerprint density at radius 3 is 2.28 bits per heavy atom. The lowest BCUT2D eigenvalue weighted by Gasteiger charge is -2.29. The van der Waals surface area contributed by atoms with E-state index in [1.165, 1.54) is 24.3 Å². The minimum atomic E-state index is -4.85. The molecule has 1 amide bonds. The summed E-state index contributed by atoms with van der Waals surface area (Å²) in [4.78, 5) is 29.2. The molecule has 12 heteroatoms. The van der Waals surface area contributed by atoms with Gasteiger partial charge < -0.3 is 10.2 Å². The van der Waals surface area contributed by atoms with Gasteiger partial charge in [0.15, 0.2) is 5.78 Å². The van der Waals surface area contributed by atoms with Crippen LogP contribution in [0.2, 0.25) is 10.0 Å². The number of alkyl halides is 5. The van der Waals surface area contributed by atoms with Gasteiger partial charge in [-0.1, -0.05) is 34.4 Å². The zero-order chi connectivity index (χ0) is 26.9. The highest BCUT2D eigenvalue weighted by Gasteiger charge is 2.62. The molecule has 0 aromatic heterocycles. The number of ketones is 1. The van der Waals surface area contributed by atoms with Crippen LogP contribution in [0, 0.1) is 6.92 Å². The number of benzene rings is 2. The van der Waals surface area contributed by atoms with Gasteiger partial charge in [-0.25, -0.2) is 8.78 Å². The summed E-state index contributed by atoms with van der Waals surface area (Å²) in [5.41, 5.74) is -2.24. The standard InChI is InChI=1S/C24H21Cl2F5N2O3/c1-13-7-14(3-4-19(13)21(35)32-12-18(34)5-6-22(2,27)28)20-11-23(36-33-20,24(29,30)31)15-8-16(25)10-17(26)9-15/h3-4,7-10H,5-6,11-12H2,1-2H3,(H,32,35). The van der Waals surface area contributed by atoms with Gasteiger partial charge in [0.1, 0.15) is 0 Å². The molecule has 0 bridgehead atoms. The molecule has 1 N–H and O–H groups in total. The number of aryl methyl sites for hydroxylation is 1. The van der Waals surface area contributed by atoms with Crippen molar-refractivity contribution in [3.63, 3.8) is 0 Å². The Bertz CT molecular complexity index is 1190. The fraction of sp³-hybridized carbons (Fsp3) is 0.375. The maximum Gasteiger partial charge on any atom is 0.435 e. The number of rotatable bonds is 8. The number of carbonyl (C=O) groups excluding carboxylic acids is 2. The largest absolute Gasteiger partial charge is 0.435 e. The van der Waals surface area contributed by atoms with Crippen molar-refractivity contribution in [2.45, 2.75) is 50.8 Å². The molecule has 36 heavy (non-hydrogen) atoms. The first kappa shape index (κ1) is 27.9. The molecule has 0 spiro atoms. The molecule has 3 rings (SSSR count). The predicted molar refractivity (Wildman–Crippen MR) is 125 cm³/mol. The smallest absolute Gasteiger partial charge is 0.374 e. The van der Waals surface area contributed by atoms with Gasteiger partial charge in [-0.3, -0.25) is 9.59 Å². The van der Waals surface area contributed by atoms with E-state index < -0.39 is 48.8 Å². The van der Waals surface area contributed by atoms with Crippen LogP contribution >= 0.6 is 23.2 Å². The molecule has 1 heterocycles. The number of oxime groups is 1. The van der Waals surface area contributed by atoms with E-state index in [2.05, 4.69) is 10.5 Å².